The van der Waals surface area contributed by atoms with Crippen LogP contribution in [0.15, 0.2) is 36.4 Å². The Labute approximate surface area is 140 Å². The molecule has 2 aromatic rings. The van der Waals surface area contributed by atoms with Gasteiger partial charge in [0.25, 0.3) is 5.91 Å². The zero-order valence-electron chi connectivity index (χ0n) is 13.2. The molecular weight excluding hydrogens is 316 g/mol. The van der Waals surface area contributed by atoms with E-state index in [0.29, 0.717) is 0 Å². The fraction of sp³-hybridized carbons (Fsp3) is 0.353. The van der Waals surface area contributed by atoms with Crippen LogP contribution in [-0.4, -0.2) is 19.0 Å². The lowest BCUT2D eigenvalue weighted by molar-refractivity contribution is -0.907. The van der Waals surface area contributed by atoms with E-state index < -0.39 is 0 Å². The van der Waals surface area contributed by atoms with E-state index in [2.05, 4.69) is 12.2 Å². The van der Waals surface area contributed by atoms with Crippen LogP contribution in [-0.2, 0) is 17.8 Å². The van der Waals surface area contributed by atoms with Crippen molar-refractivity contribution < 1.29 is 9.69 Å². The summed E-state index contributed by atoms with van der Waals surface area (Å²) in [5.74, 6) is 0.0319. The Kier molecular flexibility index (Phi) is 6.00. The van der Waals surface area contributed by atoms with E-state index >= 15 is 0 Å². The number of rotatable bonds is 6. The Morgan fingerprint density at radius 1 is 1.27 bits per heavy atom. The van der Waals surface area contributed by atoms with Crippen molar-refractivity contribution in [1.82, 2.24) is 0 Å². The molecule has 0 aliphatic heterocycles. The zero-order chi connectivity index (χ0) is 16.1. The molecule has 1 aromatic heterocycles. The molecule has 3 nitrogen and oxygen atoms in total. The molecule has 2 rings (SSSR count). The summed E-state index contributed by atoms with van der Waals surface area (Å²) in [6.45, 7) is 4.85. The molecule has 1 amide bonds. The fourth-order valence-corrected chi connectivity index (χ4v) is 3.36. The van der Waals surface area contributed by atoms with E-state index in [0.717, 1.165) is 27.9 Å². The second-order valence-corrected chi connectivity index (χ2v) is 7.29. The van der Waals surface area contributed by atoms with Crippen molar-refractivity contribution in [3.63, 3.8) is 0 Å². The molecule has 22 heavy (non-hydrogen) atoms. The van der Waals surface area contributed by atoms with Crippen LogP contribution in [0.25, 0.3) is 0 Å². The van der Waals surface area contributed by atoms with Gasteiger partial charge in [-0.15, -0.1) is 11.3 Å². The van der Waals surface area contributed by atoms with Gasteiger partial charge in [-0.05, 0) is 43.2 Å². The standard InChI is InChI=1S/C17H21ClN2OS/c1-4-13-5-7-14(8-6-13)19-17(21)12(2)20(3)11-15-9-10-16(18)22-15/h5-10,12H,4,11H2,1-3H3,(H,19,21)/p+1/t12-/m0/s1. The highest BCUT2D eigenvalue weighted by molar-refractivity contribution is 7.16. The number of hydrogen-bond donors (Lipinski definition) is 2. The minimum absolute atomic E-state index is 0.0319. The number of carbonyl (C=O) groups excluding carboxylic acids is 1. The molecule has 0 bridgehead atoms. The van der Waals surface area contributed by atoms with Gasteiger partial charge in [0.05, 0.1) is 16.3 Å². The Morgan fingerprint density at radius 3 is 2.50 bits per heavy atom. The van der Waals surface area contributed by atoms with E-state index in [1.807, 2.05) is 50.4 Å². The molecular formula is C17H22ClN2OS+. The van der Waals surface area contributed by atoms with Crippen molar-refractivity contribution in [2.45, 2.75) is 32.9 Å². The summed E-state index contributed by atoms with van der Waals surface area (Å²) in [6, 6.07) is 11.8. The second kappa shape index (κ2) is 7.77. The van der Waals surface area contributed by atoms with Crippen molar-refractivity contribution >= 4 is 34.5 Å². The van der Waals surface area contributed by atoms with Gasteiger partial charge in [-0.2, -0.15) is 0 Å². The first-order chi connectivity index (χ1) is 10.5. The summed E-state index contributed by atoms with van der Waals surface area (Å²) < 4.78 is 0.788. The molecule has 0 aliphatic rings. The normalized spacial score (nSPS) is 13.6. The van der Waals surface area contributed by atoms with Crippen LogP contribution in [0.3, 0.4) is 0 Å². The second-order valence-electron chi connectivity index (χ2n) is 5.49. The minimum atomic E-state index is -0.133. The van der Waals surface area contributed by atoms with E-state index in [1.165, 1.54) is 10.4 Å². The molecule has 2 atom stereocenters. The van der Waals surface area contributed by atoms with Crippen LogP contribution in [0, 0.1) is 0 Å². The van der Waals surface area contributed by atoms with Gasteiger partial charge in [0.2, 0.25) is 0 Å². The fourth-order valence-electron chi connectivity index (χ4n) is 2.17. The molecule has 1 unspecified atom stereocenters. The van der Waals surface area contributed by atoms with Crippen molar-refractivity contribution in [2.75, 3.05) is 12.4 Å². The lowest BCUT2D eigenvalue weighted by Crippen LogP contribution is -3.12. The predicted octanol–water partition coefficient (Wildman–Crippen LogP) is 3.01. The van der Waals surface area contributed by atoms with Crippen LogP contribution in [0.2, 0.25) is 4.34 Å². The van der Waals surface area contributed by atoms with Crippen molar-refractivity contribution in [3.05, 3.63) is 51.2 Å². The van der Waals surface area contributed by atoms with Crippen molar-refractivity contribution in [2.24, 2.45) is 0 Å². The summed E-state index contributed by atoms with van der Waals surface area (Å²) in [5, 5.41) is 2.98. The maximum atomic E-state index is 12.3. The SMILES string of the molecule is CCc1ccc(NC(=O)[C@H](C)[NH+](C)Cc2ccc(Cl)s2)cc1. The van der Waals surface area contributed by atoms with Gasteiger partial charge < -0.3 is 10.2 Å². The van der Waals surface area contributed by atoms with E-state index in [-0.39, 0.29) is 11.9 Å². The summed E-state index contributed by atoms with van der Waals surface area (Å²) >= 11 is 7.51. The molecule has 0 fully saturated rings. The average Bonchev–Trinajstić information content (AvgIpc) is 2.92. The maximum Gasteiger partial charge on any atom is 0.282 e. The number of thiophene rings is 1. The number of aryl methyl sites for hydroxylation is 1. The lowest BCUT2D eigenvalue weighted by Gasteiger charge is -2.20. The summed E-state index contributed by atoms with van der Waals surface area (Å²) in [4.78, 5) is 14.7. The summed E-state index contributed by atoms with van der Waals surface area (Å²) in [7, 11) is 2.03. The number of amides is 1. The van der Waals surface area contributed by atoms with E-state index in [4.69, 9.17) is 11.6 Å². The first-order valence-corrected chi connectivity index (χ1v) is 8.65. The number of anilines is 1. The highest BCUT2D eigenvalue weighted by atomic mass is 35.5. The number of hydrogen-bond acceptors (Lipinski definition) is 2. The average molecular weight is 338 g/mol. The maximum absolute atomic E-state index is 12.3. The van der Waals surface area contributed by atoms with Gasteiger partial charge in [0.15, 0.2) is 6.04 Å². The van der Waals surface area contributed by atoms with E-state index in [1.54, 1.807) is 11.3 Å². The number of likely N-dealkylation sites (N-methyl/N-ethyl adjacent to an activating group) is 1. The molecule has 0 aliphatic carbocycles. The van der Waals surface area contributed by atoms with Crippen LogP contribution < -0.4 is 10.2 Å². The Bertz CT molecular complexity index is 624. The molecule has 5 heteroatoms. The van der Waals surface area contributed by atoms with Gasteiger partial charge in [-0.25, -0.2) is 0 Å². The van der Waals surface area contributed by atoms with Gasteiger partial charge in [0.1, 0.15) is 6.54 Å². The van der Waals surface area contributed by atoms with Crippen molar-refractivity contribution in [1.29, 1.82) is 0 Å². The molecule has 0 radical (unpaired) electrons. The number of nitrogens with one attached hydrogen (secondary N) is 2. The molecule has 0 saturated carbocycles. The Hall–Kier alpha value is -1.36. The first kappa shape index (κ1) is 17.0. The summed E-state index contributed by atoms with van der Waals surface area (Å²) in [6.07, 6.45) is 1.00. The Balaban J connectivity index is 1.92. The third-order valence-electron chi connectivity index (χ3n) is 3.84. The smallest absolute Gasteiger partial charge is 0.282 e. The molecule has 0 spiro atoms. The van der Waals surface area contributed by atoms with Gasteiger partial charge in [-0.1, -0.05) is 30.7 Å². The third-order valence-corrected chi connectivity index (χ3v) is 5.08. The largest absolute Gasteiger partial charge is 0.323 e. The predicted molar refractivity (Wildman–Crippen MR) is 93.8 cm³/mol. The van der Waals surface area contributed by atoms with Crippen LogP contribution in [0.4, 0.5) is 5.69 Å². The summed E-state index contributed by atoms with van der Waals surface area (Å²) in [5.41, 5.74) is 2.12. The number of benzene rings is 1. The molecule has 1 aromatic carbocycles. The highest BCUT2D eigenvalue weighted by Crippen LogP contribution is 2.20. The van der Waals surface area contributed by atoms with Gasteiger partial charge >= 0.3 is 0 Å². The first-order valence-electron chi connectivity index (χ1n) is 7.46. The highest BCUT2D eigenvalue weighted by Gasteiger charge is 2.22. The van der Waals surface area contributed by atoms with Crippen LogP contribution in [0.5, 0.6) is 0 Å². The number of quaternary nitrogens is 1. The van der Waals surface area contributed by atoms with Crippen LogP contribution >= 0.6 is 22.9 Å². The van der Waals surface area contributed by atoms with Gasteiger partial charge in [-0.3, -0.25) is 4.79 Å². The number of halogens is 1. The number of carbonyl (C=O) groups is 1. The Morgan fingerprint density at radius 2 is 1.95 bits per heavy atom. The molecule has 2 N–H and O–H groups in total. The van der Waals surface area contributed by atoms with Crippen molar-refractivity contribution in [3.8, 4) is 0 Å². The lowest BCUT2D eigenvalue weighted by atomic mass is 10.1. The third kappa shape index (κ3) is 4.57. The van der Waals surface area contributed by atoms with Gasteiger partial charge in [0, 0.05) is 5.69 Å². The zero-order valence-corrected chi connectivity index (χ0v) is 14.7. The minimum Gasteiger partial charge on any atom is -0.323 e. The molecule has 1 heterocycles. The quantitative estimate of drug-likeness (QED) is 0.834. The molecule has 118 valence electrons. The molecule has 0 saturated heterocycles. The van der Waals surface area contributed by atoms with Crippen LogP contribution in [0.1, 0.15) is 24.3 Å². The monoisotopic (exact) mass is 337 g/mol. The van der Waals surface area contributed by atoms with E-state index in [9.17, 15) is 4.79 Å². The topological polar surface area (TPSA) is 33.5 Å².